The number of benzene rings is 1. The van der Waals surface area contributed by atoms with Crippen LogP contribution in [0.3, 0.4) is 0 Å². The molecule has 172 valence electrons. The first-order valence-electron chi connectivity index (χ1n) is 10.1. The van der Waals surface area contributed by atoms with Gasteiger partial charge in [-0.3, -0.25) is 4.79 Å². The highest BCUT2D eigenvalue weighted by Gasteiger charge is 2.30. The minimum atomic E-state index is -0.533. The number of hydrogen-bond donors (Lipinski definition) is 2. The summed E-state index contributed by atoms with van der Waals surface area (Å²) >= 11 is 9.31. The number of phenolic OH excluding ortho intramolecular Hbond substituents is 1. The molecule has 0 bridgehead atoms. The van der Waals surface area contributed by atoms with E-state index in [2.05, 4.69) is 31.1 Å². The Balaban J connectivity index is 1.64. The molecule has 0 radical (unpaired) electrons. The molecular formula is C22H26BrClN4O4. The minimum absolute atomic E-state index is 0.0299. The molecule has 32 heavy (non-hydrogen) atoms. The number of hydrogen-bond acceptors (Lipinski definition) is 6. The van der Waals surface area contributed by atoms with E-state index in [1.54, 1.807) is 17.0 Å². The first-order valence-corrected chi connectivity index (χ1v) is 11.3. The van der Waals surface area contributed by atoms with Gasteiger partial charge in [0.1, 0.15) is 17.2 Å². The number of nitrogens with zero attached hydrogens (tertiary/aromatic N) is 3. The van der Waals surface area contributed by atoms with Crippen LogP contribution in [0.15, 0.2) is 34.9 Å². The lowest BCUT2D eigenvalue weighted by molar-refractivity contribution is 0.0218. The number of rotatable bonds is 3. The summed E-state index contributed by atoms with van der Waals surface area (Å²) in [5.74, 6) is 0.297. The van der Waals surface area contributed by atoms with Crippen molar-refractivity contribution < 1.29 is 19.4 Å². The van der Waals surface area contributed by atoms with Crippen LogP contribution in [0.2, 0.25) is 5.02 Å². The van der Waals surface area contributed by atoms with Gasteiger partial charge in [0, 0.05) is 37.9 Å². The Morgan fingerprint density at radius 2 is 2.00 bits per heavy atom. The predicted octanol–water partition coefficient (Wildman–Crippen LogP) is 4.90. The summed E-state index contributed by atoms with van der Waals surface area (Å²) in [5.41, 5.74) is 0.120. The Morgan fingerprint density at radius 1 is 1.28 bits per heavy atom. The molecule has 1 aromatic carbocycles. The number of amides is 2. The third-order valence-electron chi connectivity index (χ3n) is 4.87. The molecule has 2 heterocycles. The Bertz CT molecular complexity index is 1010. The van der Waals surface area contributed by atoms with E-state index in [-0.39, 0.29) is 17.9 Å². The molecule has 1 aliphatic heterocycles. The first kappa shape index (κ1) is 24.1. The van der Waals surface area contributed by atoms with Gasteiger partial charge in [-0.1, -0.05) is 11.6 Å². The summed E-state index contributed by atoms with van der Waals surface area (Å²) in [4.78, 5) is 33.1. The van der Waals surface area contributed by atoms with Gasteiger partial charge in [-0.25, -0.2) is 9.78 Å². The van der Waals surface area contributed by atoms with Crippen LogP contribution in [0.25, 0.3) is 0 Å². The molecule has 8 nitrogen and oxygen atoms in total. The van der Waals surface area contributed by atoms with Crippen LogP contribution in [-0.4, -0.2) is 58.3 Å². The van der Waals surface area contributed by atoms with Gasteiger partial charge in [0.05, 0.1) is 20.7 Å². The van der Waals surface area contributed by atoms with Crippen molar-refractivity contribution in [3.05, 3.63) is 45.5 Å². The number of carbonyl (C=O) groups is 2. The van der Waals surface area contributed by atoms with E-state index in [9.17, 15) is 14.7 Å². The predicted molar refractivity (Wildman–Crippen MR) is 128 cm³/mol. The fraction of sp³-hybridized carbons (Fsp3) is 0.409. The van der Waals surface area contributed by atoms with Gasteiger partial charge in [0.25, 0.3) is 5.91 Å². The number of nitrogens with one attached hydrogen (secondary N) is 1. The molecule has 1 aliphatic rings. The van der Waals surface area contributed by atoms with Crippen molar-refractivity contribution in [3.63, 3.8) is 0 Å². The first-order chi connectivity index (χ1) is 14.9. The zero-order valence-electron chi connectivity index (χ0n) is 18.4. The van der Waals surface area contributed by atoms with Crippen molar-refractivity contribution in [2.24, 2.45) is 0 Å². The number of aromatic nitrogens is 1. The van der Waals surface area contributed by atoms with E-state index in [1.165, 1.54) is 18.3 Å². The third kappa shape index (κ3) is 5.83. The molecule has 0 unspecified atom stereocenters. The monoisotopic (exact) mass is 524 g/mol. The highest BCUT2D eigenvalue weighted by Crippen LogP contribution is 2.33. The maximum absolute atomic E-state index is 12.6. The van der Waals surface area contributed by atoms with E-state index in [4.69, 9.17) is 16.3 Å². The highest BCUT2D eigenvalue weighted by molar-refractivity contribution is 9.10. The van der Waals surface area contributed by atoms with Crippen LogP contribution in [0.1, 0.15) is 38.1 Å². The fourth-order valence-electron chi connectivity index (χ4n) is 3.31. The topological polar surface area (TPSA) is 95.0 Å². The number of phenols is 1. The molecule has 0 aliphatic carbocycles. The molecule has 3 rings (SSSR count). The van der Waals surface area contributed by atoms with Gasteiger partial charge in [0.15, 0.2) is 0 Å². The normalized spacial score (nSPS) is 16.6. The van der Waals surface area contributed by atoms with E-state index < -0.39 is 11.5 Å². The van der Waals surface area contributed by atoms with Gasteiger partial charge in [-0.05, 0) is 61.8 Å². The molecule has 1 saturated heterocycles. The summed E-state index contributed by atoms with van der Waals surface area (Å²) in [6.45, 7) is 9.20. The van der Waals surface area contributed by atoms with Crippen LogP contribution in [0.5, 0.6) is 5.75 Å². The molecule has 1 atom stereocenters. The number of pyridine rings is 1. The lowest BCUT2D eigenvalue weighted by atomic mass is 10.1. The average Bonchev–Trinajstić information content (AvgIpc) is 2.71. The SMILES string of the molecule is C[C@@H]1CN(C(=O)OC(C)(C)C)CCN1c1ccc(C(=O)Nc2cc(O)c(Br)cc2Cl)cn1. The number of halogens is 2. The van der Waals surface area contributed by atoms with Crippen LogP contribution in [-0.2, 0) is 4.74 Å². The Hall–Kier alpha value is -2.52. The maximum Gasteiger partial charge on any atom is 0.410 e. The summed E-state index contributed by atoms with van der Waals surface area (Å²) in [6, 6.07) is 6.37. The standard InChI is InChI=1S/C22H26BrClN4O4/c1-13-12-27(21(31)32-22(2,3)4)7-8-28(13)19-6-5-14(11-25-19)20(30)26-17-10-18(29)15(23)9-16(17)24/h5-6,9-11,13,29H,7-8,12H2,1-4H3,(H,26,30)/t13-/m1/s1. The lowest BCUT2D eigenvalue weighted by Crippen LogP contribution is -2.54. The van der Waals surface area contributed by atoms with Crippen LogP contribution < -0.4 is 10.2 Å². The van der Waals surface area contributed by atoms with Gasteiger partial charge in [-0.2, -0.15) is 0 Å². The van der Waals surface area contributed by atoms with E-state index >= 15 is 0 Å². The van der Waals surface area contributed by atoms with Gasteiger partial charge in [0.2, 0.25) is 0 Å². The van der Waals surface area contributed by atoms with E-state index in [0.29, 0.717) is 40.4 Å². The Kier molecular flexibility index (Phi) is 7.19. The van der Waals surface area contributed by atoms with Crippen LogP contribution >= 0.6 is 27.5 Å². The third-order valence-corrected chi connectivity index (χ3v) is 5.82. The number of anilines is 2. The van der Waals surface area contributed by atoms with Crippen molar-refractivity contribution in [3.8, 4) is 5.75 Å². The molecule has 2 N–H and O–H groups in total. The summed E-state index contributed by atoms with van der Waals surface area (Å²) < 4.78 is 5.90. The van der Waals surface area contributed by atoms with Crippen molar-refractivity contribution in [1.29, 1.82) is 0 Å². The van der Waals surface area contributed by atoms with Gasteiger partial charge >= 0.3 is 6.09 Å². The van der Waals surface area contributed by atoms with Crippen molar-refractivity contribution >= 4 is 51.0 Å². The number of carbonyl (C=O) groups excluding carboxylic acids is 2. The molecule has 0 saturated carbocycles. The summed E-state index contributed by atoms with van der Waals surface area (Å²) in [5, 5.41) is 12.8. The van der Waals surface area contributed by atoms with Crippen molar-refractivity contribution in [2.75, 3.05) is 29.9 Å². The largest absolute Gasteiger partial charge is 0.507 e. The summed E-state index contributed by atoms with van der Waals surface area (Å²) in [7, 11) is 0. The Morgan fingerprint density at radius 3 is 2.59 bits per heavy atom. The van der Waals surface area contributed by atoms with Gasteiger partial charge < -0.3 is 25.0 Å². The highest BCUT2D eigenvalue weighted by atomic mass is 79.9. The van der Waals surface area contributed by atoms with E-state index in [1.807, 2.05) is 27.7 Å². The van der Waals surface area contributed by atoms with E-state index in [0.717, 1.165) is 5.82 Å². The second-order valence-electron chi connectivity index (χ2n) is 8.61. The molecule has 2 aromatic rings. The zero-order valence-corrected chi connectivity index (χ0v) is 20.7. The number of piperazine rings is 1. The second kappa shape index (κ2) is 9.54. The van der Waals surface area contributed by atoms with Crippen molar-refractivity contribution in [1.82, 2.24) is 9.88 Å². The number of aromatic hydroxyl groups is 1. The number of ether oxygens (including phenoxy) is 1. The lowest BCUT2D eigenvalue weighted by Gasteiger charge is -2.40. The van der Waals surface area contributed by atoms with Crippen LogP contribution in [0, 0.1) is 0 Å². The molecule has 2 amide bonds. The Labute approximate surface area is 200 Å². The average molecular weight is 526 g/mol. The molecule has 1 aromatic heterocycles. The van der Waals surface area contributed by atoms with Crippen molar-refractivity contribution in [2.45, 2.75) is 39.3 Å². The quantitative estimate of drug-likeness (QED) is 0.592. The second-order valence-corrected chi connectivity index (χ2v) is 9.87. The van der Waals surface area contributed by atoms with Crippen LogP contribution in [0.4, 0.5) is 16.3 Å². The van der Waals surface area contributed by atoms with Gasteiger partial charge in [-0.15, -0.1) is 0 Å². The summed E-state index contributed by atoms with van der Waals surface area (Å²) in [6.07, 6.45) is 1.17. The maximum atomic E-state index is 12.6. The smallest absolute Gasteiger partial charge is 0.410 e. The molecular weight excluding hydrogens is 500 g/mol. The fourth-order valence-corrected chi connectivity index (χ4v) is 3.99. The molecule has 0 spiro atoms. The molecule has 10 heteroatoms. The molecule has 1 fully saturated rings. The minimum Gasteiger partial charge on any atom is -0.507 e. The zero-order chi connectivity index (χ0) is 23.6.